The Kier molecular flexibility index (Phi) is 5.16. The number of ether oxygens (including phenoxy) is 2. The molecule has 4 rings (SSSR count). The number of hydrogen-bond acceptors (Lipinski definition) is 5. The lowest BCUT2D eigenvalue weighted by Gasteiger charge is -2.43. The van der Waals surface area contributed by atoms with Gasteiger partial charge in [0.1, 0.15) is 18.4 Å². The summed E-state index contributed by atoms with van der Waals surface area (Å²) in [7, 11) is 1.52. The number of benzene rings is 2. The van der Waals surface area contributed by atoms with Crippen molar-refractivity contribution in [3.05, 3.63) is 65.2 Å². The zero-order valence-electron chi connectivity index (χ0n) is 16.4. The van der Waals surface area contributed by atoms with Crippen molar-refractivity contribution in [2.75, 3.05) is 7.11 Å². The van der Waals surface area contributed by atoms with E-state index in [-0.39, 0.29) is 24.8 Å². The van der Waals surface area contributed by atoms with E-state index in [9.17, 15) is 15.2 Å². The van der Waals surface area contributed by atoms with Gasteiger partial charge in [0, 0.05) is 24.9 Å². The molecule has 1 N–H and O–H groups in total. The van der Waals surface area contributed by atoms with Crippen molar-refractivity contribution in [1.82, 2.24) is 4.90 Å². The quantitative estimate of drug-likeness (QED) is 0.857. The van der Waals surface area contributed by atoms with Crippen molar-refractivity contribution >= 4 is 6.09 Å². The Morgan fingerprint density at radius 2 is 1.90 bits per heavy atom. The predicted molar refractivity (Wildman–Crippen MR) is 106 cm³/mol. The molecule has 6 heteroatoms. The van der Waals surface area contributed by atoms with Crippen molar-refractivity contribution in [3.63, 3.8) is 0 Å². The zero-order valence-corrected chi connectivity index (χ0v) is 16.4. The third kappa shape index (κ3) is 3.66. The monoisotopic (exact) mass is 392 g/mol. The summed E-state index contributed by atoms with van der Waals surface area (Å²) in [5.74, 6) is 0.491. The number of piperidine rings is 1. The summed E-state index contributed by atoms with van der Waals surface area (Å²) >= 11 is 0. The van der Waals surface area contributed by atoms with Gasteiger partial charge in [0.05, 0.1) is 18.3 Å². The van der Waals surface area contributed by atoms with Gasteiger partial charge < -0.3 is 19.5 Å². The van der Waals surface area contributed by atoms with E-state index in [4.69, 9.17) is 9.47 Å². The lowest BCUT2D eigenvalue weighted by molar-refractivity contribution is -0.0537. The van der Waals surface area contributed by atoms with Gasteiger partial charge in [-0.3, -0.25) is 0 Å². The van der Waals surface area contributed by atoms with E-state index < -0.39 is 5.60 Å². The van der Waals surface area contributed by atoms with Crippen LogP contribution in [0.1, 0.15) is 42.4 Å². The Balaban J connectivity index is 1.48. The van der Waals surface area contributed by atoms with Crippen molar-refractivity contribution in [1.29, 1.82) is 5.26 Å². The van der Waals surface area contributed by atoms with Crippen LogP contribution in [0.15, 0.2) is 48.5 Å². The minimum absolute atomic E-state index is 0.0744. The van der Waals surface area contributed by atoms with Gasteiger partial charge in [0.2, 0.25) is 0 Å². The van der Waals surface area contributed by atoms with Crippen molar-refractivity contribution in [3.8, 4) is 11.8 Å². The Hall–Kier alpha value is -3.04. The van der Waals surface area contributed by atoms with Gasteiger partial charge in [-0.05, 0) is 36.1 Å². The molecule has 2 fully saturated rings. The van der Waals surface area contributed by atoms with Crippen LogP contribution in [0.2, 0.25) is 0 Å². The highest BCUT2D eigenvalue weighted by Gasteiger charge is 2.50. The van der Waals surface area contributed by atoms with Crippen LogP contribution in [0.4, 0.5) is 4.79 Å². The molecule has 29 heavy (non-hydrogen) atoms. The Morgan fingerprint density at radius 3 is 2.52 bits per heavy atom. The normalized spacial score (nSPS) is 25.3. The molecule has 2 heterocycles. The standard InChI is InChI=1S/C23H24N2O4/c1-28-21-10-7-18(11-17(21)14-24)23(27)12-19-8-9-20(13-23)25(19)22(26)29-15-16-5-3-2-4-6-16/h2-7,10-11,19-20,27H,8-9,12-13,15H2,1H3. The molecular formula is C23H24N2O4. The largest absolute Gasteiger partial charge is 0.495 e. The van der Waals surface area contributed by atoms with Crippen LogP contribution in [0.25, 0.3) is 0 Å². The number of amides is 1. The summed E-state index contributed by atoms with van der Waals surface area (Å²) in [6.45, 7) is 0.240. The number of methoxy groups -OCH3 is 1. The number of aliphatic hydroxyl groups is 1. The molecule has 1 amide bonds. The van der Waals surface area contributed by atoms with Crippen molar-refractivity contribution in [2.45, 2.75) is 50.0 Å². The first-order valence-corrected chi connectivity index (χ1v) is 9.84. The van der Waals surface area contributed by atoms with Crippen LogP contribution >= 0.6 is 0 Å². The van der Waals surface area contributed by atoms with E-state index >= 15 is 0 Å². The average Bonchev–Trinajstić information content (AvgIpc) is 3.04. The van der Waals surface area contributed by atoms with E-state index in [1.807, 2.05) is 36.4 Å². The molecule has 2 aliphatic heterocycles. The maximum Gasteiger partial charge on any atom is 0.410 e. The first kappa shape index (κ1) is 19.3. The van der Waals surface area contributed by atoms with Gasteiger partial charge in [0.15, 0.2) is 0 Å². The average molecular weight is 392 g/mol. The fourth-order valence-electron chi connectivity index (χ4n) is 4.64. The van der Waals surface area contributed by atoms with Gasteiger partial charge in [-0.25, -0.2) is 4.79 Å². The summed E-state index contributed by atoms with van der Waals surface area (Å²) in [6.07, 6.45) is 2.22. The third-order valence-corrected chi connectivity index (χ3v) is 6.04. The maximum atomic E-state index is 12.7. The lowest BCUT2D eigenvalue weighted by atomic mass is 9.80. The van der Waals surface area contributed by atoms with Crippen LogP contribution in [0, 0.1) is 11.3 Å². The van der Waals surface area contributed by atoms with Crippen LogP contribution < -0.4 is 4.74 Å². The van der Waals surface area contributed by atoms with E-state index in [1.165, 1.54) is 7.11 Å². The number of nitrogens with zero attached hydrogens (tertiary/aromatic N) is 2. The summed E-state index contributed by atoms with van der Waals surface area (Å²) in [6, 6.07) is 16.8. The fourth-order valence-corrected chi connectivity index (χ4v) is 4.64. The predicted octanol–water partition coefficient (Wildman–Crippen LogP) is 3.72. The minimum Gasteiger partial charge on any atom is -0.495 e. The highest BCUT2D eigenvalue weighted by Crippen LogP contribution is 2.46. The lowest BCUT2D eigenvalue weighted by Crippen LogP contribution is -2.52. The summed E-state index contributed by atoms with van der Waals surface area (Å²) in [5, 5.41) is 20.7. The van der Waals surface area contributed by atoms with Crippen molar-refractivity contribution < 1.29 is 19.4 Å². The van der Waals surface area contributed by atoms with E-state index in [1.54, 1.807) is 17.0 Å². The number of hydrogen-bond donors (Lipinski definition) is 1. The minimum atomic E-state index is -1.07. The first-order chi connectivity index (χ1) is 14.0. The second-order valence-corrected chi connectivity index (χ2v) is 7.80. The number of carbonyl (C=O) groups is 1. The molecule has 2 atom stereocenters. The number of rotatable bonds is 4. The summed E-state index contributed by atoms with van der Waals surface area (Å²) in [5.41, 5.74) is 0.975. The Bertz CT molecular complexity index is 924. The smallest absolute Gasteiger partial charge is 0.410 e. The van der Waals surface area contributed by atoms with Gasteiger partial charge in [-0.15, -0.1) is 0 Å². The van der Waals surface area contributed by atoms with Crippen molar-refractivity contribution in [2.24, 2.45) is 0 Å². The molecule has 2 bridgehead atoms. The van der Waals surface area contributed by atoms with E-state index in [0.717, 1.165) is 18.4 Å². The molecule has 150 valence electrons. The van der Waals surface area contributed by atoms with Crippen LogP contribution in [-0.2, 0) is 16.9 Å². The molecule has 0 saturated carbocycles. The second kappa shape index (κ2) is 7.76. The first-order valence-electron chi connectivity index (χ1n) is 9.84. The topological polar surface area (TPSA) is 82.8 Å². The van der Waals surface area contributed by atoms with Gasteiger partial charge in [-0.2, -0.15) is 5.26 Å². The zero-order chi connectivity index (χ0) is 20.4. The number of nitriles is 1. The summed E-state index contributed by atoms with van der Waals surface area (Å²) in [4.78, 5) is 14.5. The number of fused-ring (bicyclic) bond motifs is 2. The Morgan fingerprint density at radius 1 is 1.21 bits per heavy atom. The molecule has 2 unspecified atom stereocenters. The SMILES string of the molecule is COc1ccc(C2(O)CC3CCC(C2)N3C(=O)OCc2ccccc2)cc1C#N. The fraction of sp³-hybridized carbons (Fsp3) is 0.391. The molecule has 2 saturated heterocycles. The van der Waals surface area contributed by atoms with Gasteiger partial charge >= 0.3 is 6.09 Å². The Labute approximate surface area is 170 Å². The molecular weight excluding hydrogens is 368 g/mol. The highest BCUT2D eigenvalue weighted by atomic mass is 16.6. The van der Waals surface area contributed by atoms with Gasteiger partial charge in [-0.1, -0.05) is 36.4 Å². The third-order valence-electron chi connectivity index (χ3n) is 6.04. The van der Waals surface area contributed by atoms with E-state index in [0.29, 0.717) is 29.7 Å². The van der Waals surface area contributed by atoms with Gasteiger partial charge in [0.25, 0.3) is 0 Å². The highest BCUT2D eigenvalue weighted by molar-refractivity contribution is 5.69. The second-order valence-electron chi connectivity index (χ2n) is 7.80. The van der Waals surface area contributed by atoms with Crippen LogP contribution in [-0.4, -0.2) is 35.3 Å². The maximum absolute atomic E-state index is 12.7. The van der Waals surface area contributed by atoms with Crippen LogP contribution in [0.3, 0.4) is 0 Å². The molecule has 6 nitrogen and oxygen atoms in total. The number of carbonyl (C=O) groups excluding carboxylic acids is 1. The molecule has 2 aromatic carbocycles. The molecule has 0 spiro atoms. The molecule has 0 aromatic heterocycles. The van der Waals surface area contributed by atoms with E-state index in [2.05, 4.69) is 6.07 Å². The summed E-state index contributed by atoms with van der Waals surface area (Å²) < 4.78 is 10.7. The molecule has 0 aliphatic carbocycles. The molecule has 2 aliphatic rings. The molecule has 0 radical (unpaired) electrons. The van der Waals surface area contributed by atoms with Crippen LogP contribution in [0.5, 0.6) is 5.75 Å². The molecule has 2 aromatic rings.